The minimum Gasteiger partial charge on any atom is -0.390 e. The number of aliphatic hydroxyl groups is 1. The molecule has 3 aromatic carbocycles. The summed E-state index contributed by atoms with van der Waals surface area (Å²) in [4.78, 5) is 0. The molecule has 4 aromatic rings. The Morgan fingerprint density at radius 1 is 0.808 bits per heavy atom. The van der Waals surface area contributed by atoms with Crippen molar-refractivity contribution >= 4 is 21.8 Å². The van der Waals surface area contributed by atoms with Crippen LogP contribution in [0.3, 0.4) is 0 Å². The normalized spacial score (nSPS) is 13.9. The smallest absolute Gasteiger partial charge is 0.0843 e. The van der Waals surface area contributed by atoms with E-state index in [1.54, 1.807) is 0 Å². The van der Waals surface area contributed by atoms with Crippen LogP contribution in [0.15, 0.2) is 78.9 Å². The zero-order valence-electron chi connectivity index (χ0n) is 15.0. The van der Waals surface area contributed by atoms with Crippen LogP contribution < -0.4 is 5.32 Å². The molecule has 3 heteroatoms. The highest BCUT2D eigenvalue weighted by atomic mass is 16.3. The zero-order valence-corrected chi connectivity index (χ0v) is 15.0. The third kappa shape index (κ3) is 3.24. The van der Waals surface area contributed by atoms with Crippen molar-refractivity contribution in [2.75, 3.05) is 6.54 Å². The lowest BCUT2D eigenvalue weighted by Crippen LogP contribution is -2.32. The number of benzene rings is 3. The Morgan fingerprint density at radius 3 is 1.96 bits per heavy atom. The number of hydrogen-bond donors (Lipinski definition) is 2. The summed E-state index contributed by atoms with van der Waals surface area (Å²) in [7, 11) is 0. The van der Waals surface area contributed by atoms with E-state index in [9.17, 15) is 5.11 Å². The van der Waals surface area contributed by atoms with Gasteiger partial charge >= 0.3 is 0 Å². The van der Waals surface area contributed by atoms with Crippen molar-refractivity contribution in [2.24, 2.45) is 0 Å². The number of nitrogens with one attached hydrogen (secondary N) is 1. The predicted molar refractivity (Wildman–Crippen MR) is 108 cm³/mol. The highest BCUT2D eigenvalue weighted by molar-refractivity contribution is 6.07. The average Bonchev–Trinajstić information content (AvgIpc) is 3.01. The maximum Gasteiger partial charge on any atom is 0.0843 e. The first-order valence-corrected chi connectivity index (χ1v) is 9.16. The molecule has 2 atom stereocenters. The summed E-state index contributed by atoms with van der Waals surface area (Å²) in [5.74, 6) is 0. The standard InChI is InChI=1S/C23H24N2O/c1-17(18-9-3-2-4-10-18)24-15-19(26)16-25-22-13-7-5-11-20(22)21-12-6-8-14-23(21)25/h2-14,17,19,24,26H,15-16H2,1H3/t17-,19-/m1/s1. The van der Waals surface area contributed by atoms with Crippen molar-refractivity contribution in [3.05, 3.63) is 84.4 Å². The van der Waals surface area contributed by atoms with Gasteiger partial charge in [-0.3, -0.25) is 0 Å². The van der Waals surface area contributed by atoms with Crippen LogP contribution in [0.25, 0.3) is 21.8 Å². The van der Waals surface area contributed by atoms with Crippen LogP contribution in [0, 0.1) is 0 Å². The lowest BCUT2D eigenvalue weighted by Gasteiger charge is -2.19. The molecule has 1 heterocycles. The fourth-order valence-electron chi connectivity index (χ4n) is 3.65. The van der Waals surface area contributed by atoms with Gasteiger partial charge in [-0.15, -0.1) is 0 Å². The Bertz CT molecular complexity index is 953. The van der Waals surface area contributed by atoms with Crippen LogP contribution in [0.5, 0.6) is 0 Å². The van der Waals surface area contributed by atoms with E-state index in [1.165, 1.54) is 27.4 Å². The highest BCUT2D eigenvalue weighted by Crippen LogP contribution is 2.28. The van der Waals surface area contributed by atoms with Crippen molar-refractivity contribution in [3.63, 3.8) is 0 Å². The van der Waals surface area contributed by atoms with E-state index >= 15 is 0 Å². The zero-order chi connectivity index (χ0) is 17.9. The molecule has 0 aliphatic rings. The molecule has 2 N–H and O–H groups in total. The number of fused-ring (bicyclic) bond motifs is 3. The highest BCUT2D eigenvalue weighted by Gasteiger charge is 2.14. The number of rotatable bonds is 6. The molecule has 0 amide bonds. The molecule has 0 aliphatic heterocycles. The van der Waals surface area contributed by atoms with Gasteiger partial charge in [0, 0.05) is 34.4 Å². The van der Waals surface area contributed by atoms with Gasteiger partial charge in [-0.2, -0.15) is 0 Å². The first kappa shape index (κ1) is 16.8. The van der Waals surface area contributed by atoms with Gasteiger partial charge in [0.1, 0.15) is 0 Å². The van der Waals surface area contributed by atoms with Gasteiger partial charge in [-0.1, -0.05) is 66.7 Å². The van der Waals surface area contributed by atoms with Crippen molar-refractivity contribution in [1.29, 1.82) is 0 Å². The van der Waals surface area contributed by atoms with E-state index in [0.717, 1.165) is 0 Å². The lowest BCUT2D eigenvalue weighted by atomic mass is 10.1. The number of nitrogens with zero attached hydrogens (tertiary/aromatic N) is 1. The number of aromatic nitrogens is 1. The Morgan fingerprint density at radius 2 is 1.35 bits per heavy atom. The van der Waals surface area contributed by atoms with Crippen LogP contribution in [0.2, 0.25) is 0 Å². The lowest BCUT2D eigenvalue weighted by molar-refractivity contribution is 0.151. The molecule has 0 unspecified atom stereocenters. The molecule has 1 aromatic heterocycles. The molecule has 0 spiro atoms. The number of aliphatic hydroxyl groups excluding tert-OH is 1. The summed E-state index contributed by atoms with van der Waals surface area (Å²) in [6, 6.07) is 27.3. The molecular formula is C23H24N2O. The summed E-state index contributed by atoms with van der Waals surface area (Å²) in [6.07, 6.45) is -0.458. The fraction of sp³-hybridized carbons (Fsp3) is 0.217. The SMILES string of the molecule is C[C@@H](NC[C@@H](O)Cn1c2ccccc2c2ccccc21)c1ccccc1. The summed E-state index contributed by atoms with van der Waals surface area (Å²) in [6.45, 7) is 3.25. The second-order valence-electron chi connectivity index (χ2n) is 6.84. The topological polar surface area (TPSA) is 37.2 Å². The molecule has 0 saturated carbocycles. The maximum absolute atomic E-state index is 10.7. The van der Waals surface area contributed by atoms with Crippen LogP contribution >= 0.6 is 0 Å². The van der Waals surface area contributed by atoms with E-state index in [4.69, 9.17) is 0 Å². The van der Waals surface area contributed by atoms with Gasteiger partial charge in [-0.05, 0) is 24.6 Å². The molecule has 4 rings (SSSR count). The van der Waals surface area contributed by atoms with Gasteiger partial charge in [0.15, 0.2) is 0 Å². The molecule has 3 nitrogen and oxygen atoms in total. The van der Waals surface area contributed by atoms with Crippen molar-refractivity contribution in [3.8, 4) is 0 Å². The van der Waals surface area contributed by atoms with Crippen LogP contribution in [-0.4, -0.2) is 22.3 Å². The summed E-state index contributed by atoms with van der Waals surface area (Å²) in [5, 5.41) is 16.6. The number of para-hydroxylation sites is 2. The summed E-state index contributed by atoms with van der Waals surface area (Å²) >= 11 is 0. The Labute approximate surface area is 153 Å². The van der Waals surface area contributed by atoms with Gasteiger partial charge in [0.2, 0.25) is 0 Å². The monoisotopic (exact) mass is 344 g/mol. The molecule has 0 aliphatic carbocycles. The molecule has 132 valence electrons. The van der Waals surface area contributed by atoms with E-state index in [0.29, 0.717) is 13.1 Å². The van der Waals surface area contributed by atoms with Crippen LogP contribution in [0.1, 0.15) is 18.5 Å². The first-order chi connectivity index (χ1) is 12.7. The molecule has 0 bridgehead atoms. The second kappa shape index (κ2) is 7.32. The third-order valence-corrected chi connectivity index (χ3v) is 5.03. The quantitative estimate of drug-likeness (QED) is 0.540. The minimum absolute atomic E-state index is 0.212. The molecule has 26 heavy (non-hydrogen) atoms. The fourth-order valence-corrected chi connectivity index (χ4v) is 3.65. The molecule has 0 fully saturated rings. The Balaban J connectivity index is 1.53. The minimum atomic E-state index is -0.458. The number of hydrogen-bond acceptors (Lipinski definition) is 2. The average molecular weight is 344 g/mol. The molecule has 0 saturated heterocycles. The Hall–Kier alpha value is -2.62. The van der Waals surface area contributed by atoms with E-state index in [1.807, 2.05) is 18.2 Å². The van der Waals surface area contributed by atoms with Crippen LogP contribution in [0.4, 0.5) is 0 Å². The van der Waals surface area contributed by atoms with Gasteiger partial charge in [0.25, 0.3) is 0 Å². The van der Waals surface area contributed by atoms with E-state index < -0.39 is 6.10 Å². The van der Waals surface area contributed by atoms with Gasteiger partial charge in [-0.25, -0.2) is 0 Å². The van der Waals surface area contributed by atoms with Crippen molar-refractivity contribution in [1.82, 2.24) is 9.88 Å². The Kier molecular flexibility index (Phi) is 4.74. The second-order valence-corrected chi connectivity index (χ2v) is 6.84. The van der Waals surface area contributed by atoms with Gasteiger partial charge in [0.05, 0.1) is 12.6 Å². The van der Waals surface area contributed by atoms with Crippen LogP contribution in [-0.2, 0) is 6.54 Å². The van der Waals surface area contributed by atoms with Crippen molar-refractivity contribution in [2.45, 2.75) is 25.6 Å². The summed E-state index contributed by atoms with van der Waals surface area (Å²) in [5.41, 5.74) is 3.57. The predicted octanol–water partition coefficient (Wildman–Crippen LogP) is 4.51. The van der Waals surface area contributed by atoms with Crippen molar-refractivity contribution < 1.29 is 5.11 Å². The molecular weight excluding hydrogens is 320 g/mol. The maximum atomic E-state index is 10.7. The third-order valence-electron chi connectivity index (χ3n) is 5.03. The van der Waals surface area contributed by atoms with E-state index in [-0.39, 0.29) is 6.04 Å². The largest absolute Gasteiger partial charge is 0.390 e. The summed E-state index contributed by atoms with van der Waals surface area (Å²) < 4.78 is 2.23. The van der Waals surface area contributed by atoms with Gasteiger partial charge < -0.3 is 15.0 Å². The molecule has 0 radical (unpaired) electrons. The van der Waals surface area contributed by atoms with E-state index in [2.05, 4.69) is 77.5 Å². The first-order valence-electron chi connectivity index (χ1n) is 9.16.